The molecule has 8 heteroatoms. The van der Waals surface area contributed by atoms with Gasteiger partial charge in [0, 0.05) is 5.92 Å². The lowest BCUT2D eigenvalue weighted by atomic mass is 9.59. The van der Waals surface area contributed by atoms with Crippen molar-refractivity contribution in [2.45, 2.75) is 98.9 Å². The van der Waals surface area contributed by atoms with Crippen LogP contribution >= 0.6 is 0 Å². The average molecular weight is 603 g/mol. The number of ketones is 1. The van der Waals surface area contributed by atoms with Crippen LogP contribution in [0.5, 0.6) is 0 Å². The van der Waals surface area contributed by atoms with E-state index in [0.29, 0.717) is 34.6 Å². The molecule has 1 saturated carbocycles. The number of benzene rings is 1. The van der Waals surface area contributed by atoms with Crippen LogP contribution in [0.1, 0.15) is 82.2 Å². The fourth-order valence-corrected chi connectivity index (χ4v) is 8.43. The van der Waals surface area contributed by atoms with Gasteiger partial charge in [-0.15, -0.1) is 0 Å². The van der Waals surface area contributed by atoms with Crippen molar-refractivity contribution in [1.82, 2.24) is 9.78 Å². The van der Waals surface area contributed by atoms with E-state index in [1.807, 2.05) is 77.1 Å². The highest BCUT2D eigenvalue weighted by molar-refractivity contribution is 5.96. The van der Waals surface area contributed by atoms with Gasteiger partial charge in [0.2, 0.25) is 0 Å². The van der Waals surface area contributed by atoms with Crippen LogP contribution in [0.3, 0.4) is 0 Å². The van der Waals surface area contributed by atoms with Gasteiger partial charge < -0.3 is 19.3 Å². The van der Waals surface area contributed by atoms with Crippen molar-refractivity contribution < 1.29 is 28.9 Å². The molecule has 1 aromatic carbocycles. The van der Waals surface area contributed by atoms with E-state index in [4.69, 9.17) is 14.2 Å². The summed E-state index contributed by atoms with van der Waals surface area (Å²) in [5.41, 5.74) is 0.433. The SMILES string of the molecule is CC1=CC23C(=O)[C@@H](C=C4COC(C)(C)O[C@H]4[C@]2(O)[C@H]1OC(=O)c1c(C)nn(Cc2ccccc2)c1C)C(C)(C)[C@@H](C)CC3C. The van der Waals surface area contributed by atoms with Crippen LogP contribution in [0.25, 0.3) is 0 Å². The maximum atomic E-state index is 15.0. The van der Waals surface area contributed by atoms with Gasteiger partial charge in [-0.2, -0.15) is 5.10 Å². The number of nitrogens with zero attached hydrogens (tertiary/aromatic N) is 2. The largest absolute Gasteiger partial charge is 0.451 e. The van der Waals surface area contributed by atoms with E-state index in [1.54, 1.807) is 11.6 Å². The number of rotatable bonds is 4. The van der Waals surface area contributed by atoms with Crippen LogP contribution in [0, 0.1) is 42.4 Å². The van der Waals surface area contributed by atoms with E-state index in [1.165, 1.54) is 0 Å². The highest BCUT2D eigenvalue weighted by Crippen LogP contribution is 2.64. The van der Waals surface area contributed by atoms with Crippen molar-refractivity contribution in [3.05, 3.63) is 76.1 Å². The van der Waals surface area contributed by atoms with E-state index in [0.717, 1.165) is 12.0 Å². The molecule has 3 aliphatic carbocycles. The highest BCUT2D eigenvalue weighted by Gasteiger charge is 2.74. The molecule has 2 bridgehead atoms. The summed E-state index contributed by atoms with van der Waals surface area (Å²) in [6, 6.07) is 9.94. The minimum absolute atomic E-state index is 0.0499. The van der Waals surface area contributed by atoms with Gasteiger partial charge in [0.05, 0.1) is 30.0 Å². The zero-order valence-corrected chi connectivity index (χ0v) is 27.4. The Kier molecular flexibility index (Phi) is 7.19. The lowest BCUT2D eigenvalue weighted by Crippen LogP contribution is -2.68. The lowest BCUT2D eigenvalue weighted by Gasteiger charge is -2.52. The van der Waals surface area contributed by atoms with Gasteiger partial charge >= 0.3 is 5.97 Å². The van der Waals surface area contributed by atoms with Gasteiger partial charge in [-0.3, -0.25) is 9.48 Å². The molecule has 0 amide bonds. The number of allylic oxidation sites excluding steroid dienone is 1. The van der Waals surface area contributed by atoms with E-state index in [-0.39, 0.29) is 29.6 Å². The fraction of sp³-hybridized carbons (Fsp3) is 0.583. The molecule has 1 saturated heterocycles. The number of carbonyl (C=O) groups is 2. The third kappa shape index (κ3) is 4.31. The average Bonchev–Trinajstić information content (AvgIpc) is 3.31. The Balaban J connectivity index is 1.46. The van der Waals surface area contributed by atoms with Crippen LogP contribution in [-0.4, -0.2) is 56.8 Å². The number of Topliss-reactive ketones (excluding diaryl/α,β-unsaturated/α-hetero) is 1. The minimum atomic E-state index is -1.88. The van der Waals surface area contributed by atoms with Gasteiger partial charge in [0.15, 0.2) is 23.3 Å². The van der Waals surface area contributed by atoms with Crippen molar-refractivity contribution in [2.24, 2.45) is 28.6 Å². The number of aliphatic hydroxyl groups is 1. The molecule has 1 aliphatic heterocycles. The summed E-state index contributed by atoms with van der Waals surface area (Å²) in [6.45, 7) is 18.3. The summed E-state index contributed by atoms with van der Waals surface area (Å²) in [5.74, 6) is -2.16. The van der Waals surface area contributed by atoms with Crippen LogP contribution in [0.2, 0.25) is 0 Å². The Morgan fingerprint density at radius 1 is 1.09 bits per heavy atom. The molecule has 44 heavy (non-hydrogen) atoms. The Morgan fingerprint density at radius 3 is 2.45 bits per heavy atom. The van der Waals surface area contributed by atoms with Crippen molar-refractivity contribution in [3.63, 3.8) is 0 Å². The van der Waals surface area contributed by atoms with E-state index < -0.39 is 40.9 Å². The number of hydrogen-bond acceptors (Lipinski definition) is 7. The zero-order valence-electron chi connectivity index (χ0n) is 27.4. The summed E-state index contributed by atoms with van der Waals surface area (Å²) >= 11 is 0. The molecule has 2 heterocycles. The second-order valence-corrected chi connectivity index (χ2v) is 14.7. The standard InChI is InChI=1S/C36H46N2O6/c1-20-17-35-22(3)15-21(2)33(6,7)27(29(35)39)16-26-19-42-34(8,9)44-31(26)36(35,41)30(20)43-32(40)28-23(4)37-38(24(28)5)18-25-13-11-10-12-14-25/h10-14,16-17,21-22,27,30-31,41H,15,18-19H2,1-9H3/t21-,22?,27+,30-,31+,35?,36+/m0/s1. The number of fused-ring (bicyclic) bond motifs is 3. The Hall–Kier alpha value is -3.07. The smallest absolute Gasteiger partial charge is 0.342 e. The molecule has 4 aliphatic rings. The molecule has 236 valence electrons. The summed E-state index contributed by atoms with van der Waals surface area (Å²) in [5, 5.41) is 18.0. The van der Waals surface area contributed by atoms with Gasteiger partial charge in [-0.1, -0.05) is 70.2 Å². The van der Waals surface area contributed by atoms with Gasteiger partial charge in [0.25, 0.3) is 0 Å². The normalized spacial score (nSPS) is 35.5. The summed E-state index contributed by atoms with van der Waals surface area (Å²) in [4.78, 5) is 29.1. The predicted molar refractivity (Wildman–Crippen MR) is 166 cm³/mol. The Labute approximate surface area is 260 Å². The first-order chi connectivity index (χ1) is 20.5. The maximum Gasteiger partial charge on any atom is 0.342 e. The molecule has 2 aromatic rings. The Morgan fingerprint density at radius 2 is 1.77 bits per heavy atom. The molecule has 2 fully saturated rings. The van der Waals surface area contributed by atoms with Gasteiger partial charge in [-0.25, -0.2) is 4.79 Å². The van der Waals surface area contributed by atoms with Gasteiger partial charge in [-0.05, 0) is 75.0 Å². The highest BCUT2D eigenvalue weighted by atomic mass is 16.7. The third-order valence-corrected chi connectivity index (χ3v) is 11.3. The number of esters is 1. The van der Waals surface area contributed by atoms with Crippen molar-refractivity contribution in [3.8, 4) is 0 Å². The van der Waals surface area contributed by atoms with Crippen LogP contribution in [0.15, 0.2) is 53.6 Å². The zero-order chi connectivity index (χ0) is 32.0. The first kappa shape index (κ1) is 30.9. The molecule has 2 unspecified atom stereocenters. The molecule has 8 nitrogen and oxygen atoms in total. The van der Waals surface area contributed by atoms with Crippen molar-refractivity contribution in [1.29, 1.82) is 0 Å². The molecule has 1 aromatic heterocycles. The number of carbonyl (C=O) groups excluding carboxylic acids is 2. The maximum absolute atomic E-state index is 15.0. The predicted octanol–water partition coefficient (Wildman–Crippen LogP) is 5.73. The Bertz CT molecular complexity index is 1570. The summed E-state index contributed by atoms with van der Waals surface area (Å²) in [7, 11) is 0. The van der Waals surface area contributed by atoms with Crippen LogP contribution in [-0.2, 0) is 25.5 Å². The number of hydrogen-bond donors (Lipinski definition) is 1. The molecular formula is C36H46N2O6. The molecular weight excluding hydrogens is 556 g/mol. The molecule has 6 rings (SSSR count). The van der Waals surface area contributed by atoms with Crippen molar-refractivity contribution >= 4 is 11.8 Å². The second-order valence-electron chi connectivity index (χ2n) is 14.7. The molecule has 1 spiro atoms. The quantitative estimate of drug-likeness (QED) is 0.353. The van der Waals surface area contributed by atoms with Crippen LogP contribution in [0.4, 0.5) is 0 Å². The van der Waals surface area contributed by atoms with Gasteiger partial charge in [0.1, 0.15) is 11.7 Å². The van der Waals surface area contributed by atoms with E-state index in [9.17, 15) is 14.7 Å². The summed E-state index contributed by atoms with van der Waals surface area (Å²) < 4.78 is 20.8. The second kappa shape index (κ2) is 10.2. The topological polar surface area (TPSA) is 99.9 Å². The molecule has 1 N–H and O–H groups in total. The fourth-order valence-electron chi connectivity index (χ4n) is 8.43. The number of ether oxygens (including phenoxy) is 3. The molecule has 7 atom stereocenters. The number of aromatic nitrogens is 2. The van der Waals surface area contributed by atoms with Crippen molar-refractivity contribution in [2.75, 3.05) is 6.61 Å². The summed E-state index contributed by atoms with van der Waals surface area (Å²) in [6.07, 6.45) is 2.58. The lowest BCUT2D eigenvalue weighted by molar-refractivity contribution is -0.302. The van der Waals surface area contributed by atoms with E-state index >= 15 is 0 Å². The first-order valence-electron chi connectivity index (χ1n) is 15.8. The number of aryl methyl sites for hydroxylation is 1. The monoisotopic (exact) mass is 602 g/mol. The third-order valence-electron chi connectivity index (χ3n) is 11.3. The first-order valence-corrected chi connectivity index (χ1v) is 15.8. The van der Waals surface area contributed by atoms with E-state index in [2.05, 4.69) is 25.9 Å². The minimum Gasteiger partial charge on any atom is -0.451 e. The molecule has 0 radical (unpaired) electrons. The van der Waals surface area contributed by atoms with Crippen LogP contribution < -0.4 is 0 Å².